The number of hydrogen-bond donors (Lipinski definition) is 2. The minimum atomic E-state index is -2.99. The topological polar surface area (TPSA) is 103 Å². The SMILES string of the molecule is COc1ccc([N+](=O)[O-])cc1NC(=O)NCc1ccccc1OC(F)F. The maximum Gasteiger partial charge on any atom is 0.387 e. The van der Waals surface area contributed by atoms with E-state index in [0.29, 0.717) is 5.56 Å². The predicted octanol–water partition coefficient (Wildman–Crippen LogP) is 3.53. The van der Waals surface area contributed by atoms with Gasteiger partial charge in [0.05, 0.1) is 17.7 Å². The van der Waals surface area contributed by atoms with Crippen LogP contribution in [0.5, 0.6) is 11.5 Å². The summed E-state index contributed by atoms with van der Waals surface area (Å²) in [5, 5.41) is 15.7. The van der Waals surface area contributed by atoms with Gasteiger partial charge in [0.2, 0.25) is 0 Å². The number of methoxy groups -OCH3 is 1. The van der Waals surface area contributed by atoms with E-state index >= 15 is 0 Å². The number of nitrogens with zero attached hydrogens (tertiary/aromatic N) is 1. The number of para-hydroxylation sites is 1. The molecule has 8 nitrogen and oxygen atoms in total. The van der Waals surface area contributed by atoms with Crippen molar-refractivity contribution in [2.45, 2.75) is 13.2 Å². The van der Waals surface area contributed by atoms with Crippen LogP contribution in [0.2, 0.25) is 0 Å². The highest BCUT2D eigenvalue weighted by Gasteiger charge is 2.14. The number of nitro groups is 1. The summed E-state index contributed by atoms with van der Waals surface area (Å²) >= 11 is 0. The normalized spacial score (nSPS) is 10.3. The Balaban J connectivity index is 2.06. The molecule has 2 N–H and O–H groups in total. The third-order valence-corrected chi connectivity index (χ3v) is 3.27. The molecule has 0 fully saturated rings. The first kappa shape index (κ1) is 18.9. The van der Waals surface area contributed by atoms with E-state index in [0.717, 1.165) is 6.07 Å². The van der Waals surface area contributed by atoms with Gasteiger partial charge in [-0.15, -0.1) is 0 Å². The van der Waals surface area contributed by atoms with Crippen molar-refractivity contribution < 1.29 is 28.0 Å². The fraction of sp³-hybridized carbons (Fsp3) is 0.188. The van der Waals surface area contributed by atoms with Crippen LogP contribution < -0.4 is 20.1 Å². The Bertz CT molecular complexity index is 801. The van der Waals surface area contributed by atoms with Crippen molar-refractivity contribution >= 4 is 17.4 Å². The van der Waals surface area contributed by atoms with E-state index in [9.17, 15) is 23.7 Å². The summed E-state index contributed by atoms with van der Waals surface area (Å²) in [6, 6.07) is 9.03. The molecule has 0 aliphatic rings. The molecule has 2 aromatic carbocycles. The number of non-ortho nitro benzene ring substituents is 1. The summed E-state index contributed by atoms with van der Waals surface area (Å²) in [6.07, 6.45) is 0. The van der Waals surface area contributed by atoms with Gasteiger partial charge in [-0.2, -0.15) is 8.78 Å². The van der Waals surface area contributed by atoms with E-state index in [1.54, 1.807) is 6.07 Å². The van der Waals surface area contributed by atoms with Crippen LogP contribution in [0, 0.1) is 10.1 Å². The van der Waals surface area contributed by atoms with E-state index in [1.807, 2.05) is 0 Å². The molecule has 0 heterocycles. The van der Waals surface area contributed by atoms with Crippen LogP contribution >= 0.6 is 0 Å². The molecule has 0 saturated heterocycles. The van der Waals surface area contributed by atoms with Crippen LogP contribution in [0.15, 0.2) is 42.5 Å². The molecule has 0 saturated carbocycles. The minimum Gasteiger partial charge on any atom is -0.495 e. The van der Waals surface area contributed by atoms with Gasteiger partial charge in [0.1, 0.15) is 11.5 Å². The Kier molecular flexibility index (Phi) is 6.25. The molecule has 10 heteroatoms. The molecule has 2 rings (SSSR count). The van der Waals surface area contributed by atoms with Crippen LogP contribution in [-0.4, -0.2) is 24.7 Å². The van der Waals surface area contributed by atoms with Gasteiger partial charge in [0.15, 0.2) is 0 Å². The number of benzene rings is 2. The molecule has 0 aliphatic heterocycles. The van der Waals surface area contributed by atoms with Crippen molar-refractivity contribution in [2.24, 2.45) is 0 Å². The molecule has 2 aromatic rings. The molecule has 0 unspecified atom stereocenters. The van der Waals surface area contributed by atoms with Gasteiger partial charge >= 0.3 is 12.6 Å². The Morgan fingerprint density at radius 2 is 1.96 bits per heavy atom. The van der Waals surface area contributed by atoms with Gasteiger partial charge in [-0.25, -0.2) is 4.79 Å². The first-order valence-electron chi connectivity index (χ1n) is 7.30. The van der Waals surface area contributed by atoms with Crippen LogP contribution in [-0.2, 0) is 6.54 Å². The average molecular weight is 367 g/mol. The number of hydrogen-bond acceptors (Lipinski definition) is 5. The minimum absolute atomic E-state index is 0.0595. The predicted molar refractivity (Wildman–Crippen MR) is 88.6 cm³/mol. The Morgan fingerprint density at radius 1 is 1.23 bits per heavy atom. The summed E-state index contributed by atoms with van der Waals surface area (Å²) in [6.45, 7) is -3.08. The van der Waals surface area contributed by atoms with Gasteiger partial charge in [-0.3, -0.25) is 10.1 Å². The highest BCUT2D eigenvalue weighted by molar-refractivity contribution is 5.91. The third kappa shape index (κ3) is 5.03. The highest BCUT2D eigenvalue weighted by Crippen LogP contribution is 2.28. The monoisotopic (exact) mass is 367 g/mol. The van der Waals surface area contributed by atoms with Gasteiger partial charge in [-0.1, -0.05) is 18.2 Å². The summed E-state index contributed by atoms with van der Waals surface area (Å²) in [5.74, 6) is 0.169. The number of carbonyl (C=O) groups is 1. The quantitative estimate of drug-likeness (QED) is 0.576. The van der Waals surface area contributed by atoms with Gasteiger partial charge < -0.3 is 20.1 Å². The fourth-order valence-corrected chi connectivity index (χ4v) is 2.11. The van der Waals surface area contributed by atoms with Crippen molar-refractivity contribution in [3.8, 4) is 11.5 Å². The molecule has 0 radical (unpaired) electrons. The fourth-order valence-electron chi connectivity index (χ4n) is 2.11. The van der Waals surface area contributed by atoms with E-state index < -0.39 is 17.6 Å². The lowest BCUT2D eigenvalue weighted by atomic mass is 10.2. The zero-order valence-electron chi connectivity index (χ0n) is 13.6. The summed E-state index contributed by atoms with van der Waals surface area (Å²) in [7, 11) is 1.35. The molecule has 0 spiro atoms. The largest absolute Gasteiger partial charge is 0.495 e. The first-order chi connectivity index (χ1) is 12.4. The van der Waals surface area contributed by atoms with Crippen LogP contribution in [0.4, 0.5) is 25.0 Å². The number of rotatable bonds is 7. The molecule has 0 atom stereocenters. The van der Waals surface area contributed by atoms with Crippen LogP contribution in [0.25, 0.3) is 0 Å². The number of ether oxygens (including phenoxy) is 2. The third-order valence-electron chi connectivity index (χ3n) is 3.27. The van der Waals surface area contributed by atoms with Gasteiger partial charge in [0, 0.05) is 24.2 Å². The number of urea groups is 1. The molecule has 0 aliphatic carbocycles. The lowest BCUT2D eigenvalue weighted by Gasteiger charge is -2.13. The van der Waals surface area contributed by atoms with Gasteiger partial charge in [-0.05, 0) is 12.1 Å². The number of nitrogens with one attached hydrogen (secondary N) is 2. The second kappa shape index (κ2) is 8.60. The second-order valence-electron chi connectivity index (χ2n) is 4.94. The number of carbonyl (C=O) groups excluding carboxylic acids is 1. The average Bonchev–Trinajstić information content (AvgIpc) is 2.60. The first-order valence-corrected chi connectivity index (χ1v) is 7.30. The van der Waals surface area contributed by atoms with E-state index in [-0.39, 0.29) is 29.4 Å². The highest BCUT2D eigenvalue weighted by atomic mass is 19.3. The van der Waals surface area contributed by atoms with E-state index in [4.69, 9.17) is 4.74 Å². The van der Waals surface area contributed by atoms with E-state index in [1.165, 1.54) is 37.4 Å². The Morgan fingerprint density at radius 3 is 2.62 bits per heavy atom. The van der Waals surface area contributed by atoms with Crippen molar-refractivity contribution in [3.63, 3.8) is 0 Å². The molecule has 0 aromatic heterocycles. The Hall–Kier alpha value is -3.43. The van der Waals surface area contributed by atoms with Crippen molar-refractivity contribution in [1.82, 2.24) is 5.32 Å². The van der Waals surface area contributed by atoms with Crippen LogP contribution in [0.3, 0.4) is 0 Å². The molecule has 26 heavy (non-hydrogen) atoms. The van der Waals surface area contributed by atoms with Crippen molar-refractivity contribution in [2.75, 3.05) is 12.4 Å². The van der Waals surface area contributed by atoms with Crippen molar-refractivity contribution in [1.29, 1.82) is 0 Å². The lowest BCUT2D eigenvalue weighted by molar-refractivity contribution is -0.384. The zero-order chi connectivity index (χ0) is 19.1. The Labute approximate surface area is 146 Å². The number of halogens is 2. The van der Waals surface area contributed by atoms with E-state index in [2.05, 4.69) is 15.4 Å². The summed E-state index contributed by atoms with van der Waals surface area (Å²) in [5.41, 5.74) is 0.210. The molecule has 2 amide bonds. The zero-order valence-corrected chi connectivity index (χ0v) is 13.6. The maximum atomic E-state index is 12.4. The number of alkyl halides is 2. The number of amides is 2. The standard InChI is InChI=1S/C16H15F2N3O5/c1-25-14-7-6-11(21(23)24)8-12(14)20-16(22)19-9-10-4-2-3-5-13(10)26-15(17)18/h2-8,15H,9H2,1H3,(H2,19,20,22). The lowest BCUT2D eigenvalue weighted by Crippen LogP contribution is -2.28. The number of nitro benzene ring substituents is 1. The molecule has 0 bridgehead atoms. The molecular weight excluding hydrogens is 352 g/mol. The molecular formula is C16H15F2N3O5. The summed E-state index contributed by atoms with van der Waals surface area (Å²) < 4.78 is 34.2. The molecule has 138 valence electrons. The van der Waals surface area contributed by atoms with Crippen molar-refractivity contribution in [3.05, 3.63) is 58.1 Å². The summed E-state index contributed by atoms with van der Waals surface area (Å²) in [4.78, 5) is 22.3. The van der Waals surface area contributed by atoms with Gasteiger partial charge in [0.25, 0.3) is 5.69 Å². The maximum absolute atomic E-state index is 12.4. The second-order valence-corrected chi connectivity index (χ2v) is 4.94. The smallest absolute Gasteiger partial charge is 0.387 e. The number of anilines is 1. The van der Waals surface area contributed by atoms with Crippen LogP contribution in [0.1, 0.15) is 5.56 Å².